The first-order valence-corrected chi connectivity index (χ1v) is 7.01. The number of carbonyl (C=O) groups excluding carboxylic acids is 2. The zero-order chi connectivity index (χ0) is 14.1. The highest BCUT2D eigenvalue weighted by Gasteiger charge is 2.25. The Bertz CT molecular complexity index is 507. The fraction of sp³-hybridized carbons (Fsp3) is 0.615. The maximum absolute atomic E-state index is 12.4. The summed E-state index contributed by atoms with van der Waals surface area (Å²) in [7, 11) is 0. The van der Waals surface area contributed by atoms with E-state index in [1.54, 1.807) is 16.7 Å². The van der Waals surface area contributed by atoms with E-state index in [-0.39, 0.29) is 11.8 Å². The summed E-state index contributed by atoms with van der Waals surface area (Å²) in [6.07, 6.45) is 2.87. The third-order valence-electron chi connectivity index (χ3n) is 3.87. The lowest BCUT2D eigenvalue weighted by atomic mass is 10.3. The van der Waals surface area contributed by atoms with Gasteiger partial charge >= 0.3 is 0 Å². The van der Waals surface area contributed by atoms with E-state index in [0.29, 0.717) is 31.9 Å². The molecule has 3 rings (SSSR count). The quantitative estimate of drug-likeness (QED) is 0.784. The van der Waals surface area contributed by atoms with Gasteiger partial charge in [0.05, 0.1) is 0 Å². The second-order valence-electron chi connectivity index (χ2n) is 5.22. The summed E-state index contributed by atoms with van der Waals surface area (Å²) in [6, 6.07) is 0. The first-order valence-electron chi connectivity index (χ1n) is 7.01. The SMILES string of the molecule is CC(=O)N1CCN(C(=O)c2cn3c(n2)NCCC3)CC1. The molecular formula is C13H19N5O2. The lowest BCUT2D eigenvalue weighted by molar-refractivity contribution is -0.130. The molecule has 0 spiro atoms. The van der Waals surface area contributed by atoms with Crippen LogP contribution in [0.5, 0.6) is 0 Å². The van der Waals surface area contributed by atoms with E-state index in [4.69, 9.17) is 0 Å². The Hall–Kier alpha value is -2.05. The average Bonchev–Trinajstić information content (AvgIpc) is 2.90. The third kappa shape index (κ3) is 2.35. The molecule has 0 saturated carbocycles. The Balaban J connectivity index is 1.67. The van der Waals surface area contributed by atoms with Crippen LogP contribution in [0.1, 0.15) is 23.8 Å². The average molecular weight is 277 g/mol. The van der Waals surface area contributed by atoms with Crippen molar-refractivity contribution in [3.63, 3.8) is 0 Å². The maximum atomic E-state index is 12.4. The lowest BCUT2D eigenvalue weighted by Gasteiger charge is -2.33. The monoisotopic (exact) mass is 277 g/mol. The number of amides is 2. The number of hydrogen-bond donors (Lipinski definition) is 1. The molecule has 0 aromatic carbocycles. The highest BCUT2D eigenvalue weighted by molar-refractivity contribution is 5.92. The third-order valence-corrected chi connectivity index (χ3v) is 3.87. The fourth-order valence-corrected chi connectivity index (χ4v) is 2.67. The molecule has 1 saturated heterocycles. The molecule has 3 heterocycles. The summed E-state index contributed by atoms with van der Waals surface area (Å²) in [6.45, 7) is 5.73. The van der Waals surface area contributed by atoms with Crippen molar-refractivity contribution in [1.29, 1.82) is 0 Å². The van der Waals surface area contributed by atoms with Crippen molar-refractivity contribution in [2.45, 2.75) is 19.9 Å². The maximum Gasteiger partial charge on any atom is 0.274 e. The molecule has 0 radical (unpaired) electrons. The molecule has 108 valence electrons. The van der Waals surface area contributed by atoms with Crippen molar-refractivity contribution in [2.75, 3.05) is 38.0 Å². The Morgan fingerprint density at radius 1 is 1.15 bits per heavy atom. The van der Waals surface area contributed by atoms with E-state index in [2.05, 4.69) is 10.3 Å². The van der Waals surface area contributed by atoms with Gasteiger partial charge < -0.3 is 19.7 Å². The van der Waals surface area contributed by atoms with Crippen molar-refractivity contribution in [2.24, 2.45) is 0 Å². The molecule has 1 fully saturated rings. The Morgan fingerprint density at radius 3 is 2.50 bits per heavy atom. The molecule has 2 amide bonds. The molecule has 1 N–H and O–H groups in total. The van der Waals surface area contributed by atoms with Crippen LogP contribution in [0.4, 0.5) is 5.95 Å². The first-order chi connectivity index (χ1) is 9.65. The minimum atomic E-state index is -0.0445. The van der Waals surface area contributed by atoms with E-state index in [9.17, 15) is 9.59 Å². The van der Waals surface area contributed by atoms with Crippen LogP contribution >= 0.6 is 0 Å². The molecule has 0 unspecified atom stereocenters. The van der Waals surface area contributed by atoms with Gasteiger partial charge in [-0.3, -0.25) is 9.59 Å². The number of anilines is 1. The van der Waals surface area contributed by atoms with Crippen LogP contribution in [0, 0.1) is 0 Å². The highest BCUT2D eigenvalue weighted by Crippen LogP contribution is 2.16. The summed E-state index contributed by atoms with van der Waals surface area (Å²) in [5, 5.41) is 3.19. The van der Waals surface area contributed by atoms with Gasteiger partial charge in [0, 0.05) is 52.4 Å². The van der Waals surface area contributed by atoms with Gasteiger partial charge in [0.15, 0.2) is 0 Å². The zero-order valence-corrected chi connectivity index (χ0v) is 11.6. The fourth-order valence-electron chi connectivity index (χ4n) is 2.67. The van der Waals surface area contributed by atoms with Crippen LogP contribution in [0.3, 0.4) is 0 Å². The molecule has 20 heavy (non-hydrogen) atoms. The van der Waals surface area contributed by atoms with Gasteiger partial charge in [0.1, 0.15) is 5.69 Å². The zero-order valence-electron chi connectivity index (χ0n) is 11.6. The molecular weight excluding hydrogens is 258 g/mol. The summed E-state index contributed by atoms with van der Waals surface area (Å²) in [5.74, 6) is 0.803. The number of aryl methyl sites for hydroxylation is 1. The molecule has 2 aliphatic rings. The summed E-state index contributed by atoms with van der Waals surface area (Å²) < 4.78 is 1.99. The topological polar surface area (TPSA) is 70.5 Å². The summed E-state index contributed by atoms with van der Waals surface area (Å²) in [5.41, 5.74) is 0.491. The Morgan fingerprint density at radius 2 is 1.85 bits per heavy atom. The Labute approximate surface area is 117 Å². The van der Waals surface area contributed by atoms with Crippen LogP contribution in [0.25, 0.3) is 0 Å². The highest BCUT2D eigenvalue weighted by atomic mass is 16.2. The van der Waals surface area contributed by atoms with Crippen LogP contribution < -0.4 is 5.32 Å². The molecule has 1 aromatic heterocycles. The molecule has 0 bridgehead atoms. The molecule has 2 aliphatic heterocycles. The molecule has 7 heteroatoms. The van der Waals surface area contributed by atoms with Gasteiger partial charge in [-0.1, -0.05) is 0 Å². The predicted octanol–water partition coefficient (Wildman–Crippen LogP) is 0.00300. The number of carbonyl (C=O) groups is 2. The van der Waals surface area contributed by atoms with E-state index in [1.165, 1.54) is 0 Å². The number of rotatable bonds is 1. The smallest absolute Gasteiger partial charge is 0.274 e. The number of aromatic nitrogens is 2. The minimum Gasteiger partial charge on any atom is -0.356 e. The number of nitrogens with zero attached hydrogens (tertiary/aromatic N) is 4. The van der Waals surface area contributed by atoms with Gasteiger partial charge in [0.25, 0.3) is 5.91 Å². The largest absolute Gasteiger partial charge is 0.356 e. The van der Waals surface area contributed by atoms with Gasteiger partial charge in [-0.25, -0.2) is 4.98 Å². The van der Waals surface area contributed by atoms with Crippen molar-refractivity contribution in [1.82, 2.24) is 19.4 Å². The number of imidazole rings is 1. The molecule has 0 aliphatic carbocycles. The second kappa shape index (κ2) is 5.15. The van der Waals surface area contributed by atoms with Crippen LogP contribution in [-0.2, 0) is 11.3 Å². The lowest BCUT2D eigenvalue weighted by Crippen LogP contribution is -2.50. The standard InChI is InChI=1S/C13H19N5O2/c1-10(19)16-5-7-17(8-6-16)12(20)11-9-18-4-2-3-14-13(18)15-11/h9H,2-8H2,1H3,(H,14,15). The Kier molecular flexibility index (Phi) is 3.33. The normalized spacial score (nSPS) is 18.4. The summed E-state index contributed by atoms with van der Waals surface area (Å²) in [4.78, 5) is 31.6. The van der Waals surface area contributed by atoms with E-state index in [1.807, 2.05) is 10.8 Å². The predicted molar refractivity (Wildman–Crippen MR) is 73.5 cm³/mol. The number of piperazine rings is 1. The number of hydrogen-bond acceptors (Lipinski definition) is 4. The number of fused-ring (bicyclic) bond motifs is 1. The van der Waals surface area contributed by atoms with E-state index in [0.717, 1.165) is 25.5 Å². The van der Waals surface area contributed by atoms with E-state index < -0.39 is 0 Å². The van der Waals surface area contributed by atoms with Gasteiger partial charge in [-0.05, 0) is 6.42 Å². The molecule has 1 aromatic rings. The molecule has 7 nitrogen and oxygen atoms in total. The summed E-state index contributed by atoms with van der Waals surface area (Å²) >= 11 is 0. The van der Waals surface area contributed by atoms with Crippen molar-refractivity contribution < 1.29 is 9.59 Å². The van der Waals surface area contributed by atoms with Crippen LogP contribution in [0.15, 0.2) is 6.20 Å². The van der Waals surface area contributed by atoms with Crippen LogP contribution in [-0.4, -0.2) is 63.9 Å². The first kappa shape index (κ1) is 13.0. The molecule has 0 atom stereocenters. The second-order valence-corrected chi connectivity index (χ2v) is 5.22. The van der Waals surface area contributed by atoms with Crippen molar-refractivity contribution in [3.05, 3.63) is 11.9 Å². The van der Waals surface area contributed by atoms with Gasteiger partial charge in [0.2, 0.25) is 11.9 Å². The van der Waals surface area contributed by atoms with E-state index >= 15 is 0 Å². The van der Waals surface area contributed by atoms with Crippen molar-refractivity contribution >= 4 is 17.8 Å². The van der Waals surface area contributed by atoms with Crippen molar-refractivity contribution in [3.8, 4) is 0 Å². The number of nitrogens with one attached hydrogen (secondary N) is 1. The van der Waals surface area contributed by atoms with Gasteiger partial charge in [-0.15, -0.1) is 0 Å². The minimum absolute atomic E-state index is 0.0445. The van der Waals surface area contributed by atoms with Gasteiger partial charge in [-0.2, -0.15) is 0 Å². The van der Waals surface area contributed by atoms with Crippen LogP contribution in [0.2, 0.25) is 0 Å².